The summed E-state index contributed by atoms with van der Waals surface area (Å²) in [6.07, 6.45) is 0. The van der Waals surface area contributed by atoms with Gasteiger partial charge in [0, 0.05) is 6.54 Å². The summed E-state index contributed by atoms with van der Waals surface area (Å²) in [7, 11) is 2.99. The summed E-state index contributed by atoms with van der Waals surface area (Å²) >= 11 is 0. The Morgan fingerprint density at radius 1 is 1.14 bits per heavy atom. The van der Waals surface area contributed by atoms with Crippen LogP contribution >= 0.6 is 0 Å². The van der Waals surface area contributed by atoms with Gasteiger partial charge in [-0.2, -0.15) is 0 Å². The molecular formula is C17H18FNO3. The number of rotatable bonds is 5. The Morgan fingerprint density at radius 3 is 2.32 bits per heavy atom. The first-order valence-electron chi connectivity index (χ1n) is 6.81. The Hall–Kier alpha value is -2.56. The van der Waals surface area contributed by atoms with Crippen LogP contribution in [0.5, 0.6) is 11.5 Å². The number of aryl methyl sites for hydroxylation is 1. The highest BCUT2D eigenvalue weighted by Crippen LogP contribution is 2.28. The van der Waals surface area contributed by atoms with E-state index in [1.165, 1.54) is 20.3 Å². The van der Waals surface area contributed by atoms with Gasteiger partial charge in [0.25, 0.3) is 5.91 Å². The molecule has 0 aromatic heterocycles. The van der Waals surface area contributed by atoms with E-state index in [2.05, 4.69) is 5.32 Å². The van der Waals surface area contributed by atoms with Crippen molar-refractivity contribution in [1.29, 1.82) is 0 Å². The second kappa shape index (κ2) is 6.93. The molecule has 0 aliphatic carbocycles. The molecule has 0 spiro atoms. The molecule has 1 amide bonds. The molecular weight excluding hydrogens is 285 g/mol. The summed E-state index contributed by atoms with van der Waals surface area (Å²) < 4.78 is 23.7. The number of carbonyl (C=O) groups is 1. The Balaban J connectivity index is 2.17. The van der Waals surface area contributed by atoms with Crippen molar-refractivity contribution in [3.05, 3.63) is 58.9 Å². The number of nitrogens with one attached hydrogen (secondary N) is 1. The summed E-state index contributed by atoms with van der Waals surface area (Å²) in [4.78, 5) is 12.4. The van der Waals surface area contributed by atoms with Crippen LogP contribution < -0.4 is 14.8 Å². The number of hydrogen-bond donors (Lipinski definition) is 1. The molecule has 0 fully saturated rings. The van der Waals surface area contributed by atoms with Crippen molar-refractivity contribution in [1.82, 2.24) is 5.32 Å². The third-order valence-electron chi connectivity index (χ3n) is 3.33. The second-order valence-corrected chi connectivity index (χ2v) is 4.80. The van der Waals surface area contributed by atoms with Crippen molar-refractivity contribution >= 4 is 5.91 Å². The van der Waals surface area contributed by atoms with Gasteiger partial charge >= 0.3 is 0 Å². The van der Waals surface area contributed by atoms with Crippen molar-refractivity contribution in [3.63, 3.8) is 0 Å². The predicted octanol–water partition coefficient (Wildman–Crippen LogP) is 3.08. The number of ether oxygens (including phenoxy) is 2. The number of carbonyl (C=O) groups excluding carboxylic acids is 1. The maximum Gasteiger partial charge on any atom is 0.259 e. The minimum atomic E-state index is -0.309. The Bertz CT molecular complexity index is 663. The van der Waals surface area contributed by atoms with Crippen LogP contribution in [0, 0.1) is 12.7 Å². The number of halogens is 1. The molecule has 0 saturated heterocycles. The molecule has 0 heterocycles. The fourth-order valence-electron chi connectivity index (χ4n) is 2.16. The summed E-state index contributed by atoms with van der Waals surface area (Å²) in [6, 6.07) is 9.87. The van der Waals surface area contributed by atoms with Crippen LogP contribution in [0.2, 0.25) is 0 Å². The van der Waals surface area contributed by atoms with E-state index in [1.807, 2.05) is 0 Å². The van der Waals surface area contributed by atoms with Gasteiger partial charge in [-0.1, -0.05) is 18.2 Å². The molecule has 116 valence electrons. The molecule has 0 aliphatic rings. The molecule has 2 rings (SSSR count). The highest BCUT2D eigenvalue weighted by Gasteiger charge is 2.17. The van der Waals surface area contributed by atoms with Crippen molar-refractivity contribution in [2.45, 2.75) is 13.5 Å². The Labute approximate surface area is 128 Å². The van der Waals surface area contributed by atoms with Crippen molar-refractivity contribution < 1.29 is 18.7 Å². The van der Waals surface area contributed by atoms with Gasteiger partial charge in [0.2, 0.25) is 0 Å². The van der Waals surface area contributed by atoms with Gasteiger partial charge in [-0.15, -0.1) is 0 Å². The highest BCUT2D eigenvalue weighted by atomic mass is 19.1. The lowest BCUT2D eigenvalue weighted by Crippen LogP contribution is -2.24. The standard InChI is InChI=1S/C17H18FNO3/c1-11-9-12(7-8-13(11)18)10-19-17(20)16-14(21-2)5-4-6-15(16)22-3/h4-9H,10H2,1-3H3,(H,19,20). The highest BCUT2D eigenvalue weighted by molar-refractivity contribution is 5.99. The molecule has 4 nitrogen and oxygen atoms in total. The minimum absolute atomic E-state index is 0.263. The van der Waals surface area contributed by atoms with Gasteiger partial charge in [-0.25, -0.2) is 4.39 Å². The van der Waals surface area contributed by atoms with E-state index in [-0.39, 0.29) is 11.7 Å². The second-order valence-electron chi connectivity index (χ2n) is 4.80. The molecule has 0 atom stereocenters. The van der Waals surface area contributed by atoms with Crippen LogP contribution in [-0.4, -0.2) is 20.1 Å². The summed E-state index contributed by atoms with van der Waals surface area (Å²) in [5, 5.41) is 2.79. The zero-order valence-electron chi connectivity index (χ0n) is 12.8. The number of methoxy groups -OCH3 is 2. The van der Waals surface area contributed by atoms with Gasteiger partial charge in [0.05, 0.1) is 14.2 Å². The number of benzene rings is 2. The Morgan fingerprint density at radius 2 is 1.77 bits per heavy atom. The predicted molar refractivity (Wildman–Crippen MR) is 81.9 cm³/mol. The first-order valence-corrected chi connectivity index (χ1v) is 6.81. The first-order chi connectivity index (χ1) is 10.6. The third kappa shape index (κ3) is 3.36. The molecule has 0 unspecified atom stereocenters. The van der Waals surface area contributed by atoms with Gasteiger partial charge in [0.15, 0.2) is 0 Å². The lowest BCUT2D eigenvalue weighted by Gasteiger charge is -2.13. The Kier molecular flexibility index (Phi) is 4.99. The summed E-state index contributed by atoms with van der Waals surface area (Å²) in [5.41, 5.74) is 1.70. The quantitative estimate of drug-likeness (QED) is 0.923. The zero-order valence-corrected chi connectivity index (χ0v) is 12.8. The maximum atomic E-state index is 13.2. The van der Waals surface area contributed by atoms with Crippen LogP contribution in [-0.2, 0) is 6.54 Å². The molecule has 5 heteroatoms. The molecule has 2 aromatic rings. The molecule has 0 bridgehead atoms. The summed E-state index contributed by atoms with van der Waals surface area (Å²) in [6.45, 7) is 1.98. The maximum absolute atomic E-state index is 13.2. The van der Waals surface area contributed by atoms with Gasteiger partial charge < -0.3 is 14.8 Å². The van der Waals surface area contributed by atoms with Crippen LogP contribution in [0.25, 0.3) is 0 Å². The smallest absolute Gasteiger partial charge is 0.259 e. The SMILES string of the molecule is COc1cccc(OC)c1C(=O)NCc1ccc(F)c(C)c1. The zero-order chi connectivity index (χ0) is 16.1. The minimum Gasteiger partial charge on any atom is -0.496 e. The first kappa shape index (κ1) is 15.8. The average Bonchev–Trinajstić information content (AvgIpc) is 2.54. The van der Waals surface area contributed by atoms with E-state index in [0.29, 0.717) is 29.2 Å². The molecule has 22 heavy (non-hydrogen) atoms. The topological polar surface area (TPSA) is 47.6 Å². The van der Waals surface area contributed by atoms with Gasteiger partial charge in [-0.3, -0.25) is 4.79 Å². The van der Waals surface area contributed by atoms with Crippen molar-refractivity contribution in [3.8, 4) is 11.5 Å². The van der Waals surface area contributed by atoms with Crippen LogP contribution in [0.4, 0.5) is 4.39 Å². The molecule has 1 N–H and O–H groups in total. The lowest BCUT2D eigenvalue weighted by molar-refractivity contribution is 0.0944. The monoisotopic (exact) mass is 303 g/mol. The van der Waals surface area contributed by atoms with Crippen molar-refractivity contribution in [2.75, 3.05) is 14.2 Å². The third-order valence-corrected chi connectivity index (χ3v) is 3.33. The van der Waals surface area contributed by atoms with E-state index < -0.39 is 0 Å². The average molecular weight is 303 g/mol. The van der Waals surface area contributed by atoms with Crippen LogP contribution in [0.15, 0.2) is 36.4 Å². The molecule has 0 saturated carbocycles. The molecule has 0 aliphatic heterocycles. The lowest BCUT2D eigenvalue weighted by atomic mass is 10.1. The summed E-state index contributed by atoms with van der Waals surface area (Å²) in [5.74, 6) is 0.303. The van der Waals surface area contributed by atoms with E-state index in [1.54, 1.807) is 37.3 Å². The van der Waals surface area contributed by atoms with Gasteiger partial charge in [-0.05, 0) is 36.2 Å². The van der Waals surface area contributed by atoms with Gasteiger partial charge in [0.1, 0.15) is 22.9 Å². The number of hydrogen-bond acceptors (Lipinski definition) is 3. The largest absolute Gasteiger partial charge is 0.496 e. The molecule has 2 aromatic carbocycles. The van der Waals surface area contributed by atoms with E-state index >= 15 is 0 Å². The fourth-order valence-corrected chi connectivity index (χ4v) is 2.16. The van der Waals surface area contributed by atoms with E-state index in [9.17, 15) is 9.18 Å². The van der Waals surface area contributed by atoms with E-state index in [4.69, 9.17) is 9.47 Å². The van der Waals surface area contributed by atoms with E-state index in [0.717, 1.165) is 5.56 Å². The van der Waals surface area contributed by atoms with Crippen LogP contribution in [0.1, 0.15) is 21.5 Å². The number of amides is 1. The fraction of sp³-hybridized carbons (Fsp3) is 0.235. The molecule has 0 radical (unpaired) electrons. The normalized spacial score (nSPS) is 10.2. The van der Waals surface area contributed by atoms with Crippen molar-refractivity contribution in [2.24, 2.45) is 0 Å². The van der Waals surface area contributed by atoms with Crippen LogP contribution in [0.3, 0.4) is 0 Å².